The van der Waals surface area contributed by atoms with Gasteiger partial charge in [0.05, 0.1) is 10.5 Å². The average Bonchev–Trinajstić information content (AvgIpc) is 2.32. The largest absolute Gasteiger partial charge is 0.387 e. The summed E-state index contributed by atoms with van der Waals surface area (Å²) in [5.74, 6) is 0.584. The van der Waals surface area contributed by atoms with Crippen LogP contribution in [0.25, 0.3) is 10.9 Å². The van der Waals surface area contributed by atoms with Crippen molar-refractivity contribution in [3.63, 3.8) is 0 Å². The second-order valence-corrected chi connectivity index (χ2v) is 6.33. The number of nitrogens with one attached hydrogen (secondary N) is 1. The average molecular weight is 375 g/mol. The molecule has 0 aliphatic rings. The first-order valence-corrected chi connectivity index (χ1v) is 7.44. The molecule has 2 aromatic rings. The van der Waals surface area contributed by atoms with E-state index in [0.29, 0.717) is 10.9 Å². The van der Waals surface area contributed by atoms with Crippen molar-refractivity contribution in [1.29, 1.82) is 0 Å². The zero-order valence-electron chi connectivity index (χ0n) is 10.7. The third-order valence-electron chi connectivity index (χ3n) is 2.80. The number of nitrogens with zero attached hydrogens (tertiary/aromatic N) is 1. The summed E-state index contributed by atoms with van der Waals surface area (Å²) in [6.45, 7) is 4.39. The van der Waals surface area contributed by atoms with E-state index in [1.54, 1.807) is 0 Å². The summed E-state index contributed by atoms with van der Waals surface area (Å²) >= 11 is 8.60. The second kappa shape index (κ2) is 5.61. The molecule has 18 heavy (non-hydrogen) atoms. The molecule has 1 N–H and O–H groups in total. The van der Waals surface area contributed by atoms with Crippen molar-refractivity contribution in [2.45, 2.75) is 20.3 Å². The molecule has 96 valence electrons. The second-order valence-electron chi connectivity index (χ2n) is 4.76. The summed E-state index contributed by atoms with van der Waals surface area (Å²) in [7, 11) is 1.94. The van der Waals surface area contributed by atoms with E-state index in [4.69, 9.17) is 16.6 Å². The van der Waals surface area contributed by atoms with E-state index in [1.165, 1.54) is 3.57 Å². The summed E-state index contributed by atoms with van der Waals surface area (Å²) in [5.41, 5.74) is 3.08. The van der Waals surface area contributed by atoms with Gasteiger partial charge in [0.25, 0.3) is 0 Å². The van der Waals surface area contributed by atoms with Crippen LogP contribution in [-0.2, 0) is 6.42 Å². The number of hydrogen-bond acceptors (Lipinski definition) is 2. The van der Waals surface area contributed by atoms with Crippen molar-refractivity contribution in [3.05, 3.63) is 32.5 Å². The molecule has 1 aromatic heterocycles. The van der Waals surface area contributed by atoms with Crippen LogP contribution < -0.4 is 5.32 Å². The van der Waals surface area contributed by atoms with Gasteiger partial charge in [-0.25, -0.2) is 0 Å². The maximum atomic E-state index is 6.27. The zero-order valence-corrected chi connectivity index (χ0v) is 13.6. The van der Waals surface area contributed by atoms with E-state index < -0.39 is 0 Å². The van der Waals surface area contributed by atoms with Gasteiger partial charge in [-0.05, 0) is 53.1 Å². The number of halogens is 2. The maximum absolute atomic E-state index is 6.27. The minimum Gasteiger partial charge on any atom is -0.387 e. The molecule has 0 aliphatic carbocycles. The van der Waals surface area contributed by atoms with E-state index in [9.17, 15) is 0 Å². The number of fused-ring (bicyclic) bond motifs is 1. The lowest BCUT2D eigenvalue weighted by Crippen LogP contribution is -2.01. The molecule has 0 radical (unpaired) electrons. The molecular formula is C14H16ClIN2. The van der Waals surface area contributed by atoms with Gasteiger partial charge in [-0.1, -0.05) is 25.4 Å². The molecular weight excluding hydrogens is 359 g/mol. The summed E-state index contributed by atoms with van der Waals surface area (Å²) in [5, 5.41) is 5.07. The van der Waals surface area contributed by atoms with Gasteiger partial charge in [0.15, 0.2) is 0 Å². The van der Waals surface area contributed by atoms with Crippen LogP contribution in [0.2, 0.25) is 5.02 Å². The highest BCUT2D eigenvalue weighted by Crippen LogP contribution is 2.32. The van der Waals surface area contributed by atoms with Crippen LogP contribution in [0.5, 0.6) is 0 Å². The van der Waals surface area contributed by atoms with Crippen molar-refractivity contribution >= 4 is 50.8 Å². The highest BCUT2D eigenvalue weighted by molar-refractivity contribution is 14.1. The van der Waals surface area contributed by atoms with Gasteiger partial charge in [-0.15, -0.1) is 0 Å². The minimum atomic E-state index is 0.584. The Balaban J connectivity index is 2.71. The van der Waals surface area contributed by atoms with Crippen LogP contribution in [0, 0.1) is 9.49 Å². The molecule has 0 atom stereocenters. The van der Waals surface area contributed by atoms with Gasteiger partial charge < -0.3 is 5.32 Å². The quantitative estimate of drug-likeness (QED) is 0.785. The molecule has 1 aromatic carbocycles. The first-order valence-electron chi connectivity index (χ1n) is 5.98. The highest BCUT2D eigenvalue weighted by Gasteiger charge is 2.11. The van der Waals surface area contributed by atoms with E-state index in [1.807, 2.05) is 19.2 Å². The number of benzene rings is 1. The van der Waals surface area contributed by atoms with Gasteiger partial charge in [-0.3, -0.25) is 4.98 Å². The fraction of sp³-hybridized carbons (Fsp3) is 0.357. The van der Waals surface area contributed by atoms with Gasteiger partial charge in [0.2, 0.25) is 0 Å². The van der Waals surface area contributed by atoms with Crippen molar-refractivity contribution in [2.75, 3.05) is 12.4 Å². The highest BCUT2D eigenvalue weighted by atomic mass is 127. The molecule has 4 heteroatoms. The van der Waals surface area contributed by atoms with Gasteiger partial charge >= 0.3 is 0 Å². The fourth-order valence-corrected chi connectivity index (χ4v) is 2.97. The van der Waals surface area contributed by atoms with E-state index in [-0.39, 0.29) is 0 Å². The van der Waals surface area contributed by atoms with Crippen LogP contribution in [0.3, 0.4) is 0 Å². The van der Waals surface area contributed by atoms with Gasteiger partial charge in [-0.2, -0.15) is 0 Å². The molecule has 0 aliphatic heterocycles. The predicted octanol–water partition coefficient (Wildman–Crippen LogP) is 4.73. The molecule has 0 bridgehead atoms. The molecule has 0 amide bonds. The molecule has 0 saturated heterocycles. The molecule has 0 fully saturated rings. The lowest BCUT2D eigenvalue weighted by atomic mass is 10.1. The van der Waals surface area contributed by atoms with Crippen molar-refractivity contribution in [3.8, 4) is 0 Å². The molecule has 0 unspecified atom stereocenters. The third kappa shape index (κ3) is 2.72. The maximum Gasteiger partial charge on any atom is 0.0922 e. The topological polar surface area (TPSA) is 24.9 Å². The van der Waals surface area contributed by atoms with Crippen LogP contribution in [0.15, 0.2) is 18.2 Å². The van der Waals surface area contributed by atoms with Crippen LogP contribution in [0.4, 0.5) is 5.69 Å². The predicted molar refractivity (Wildman–Crippen MR) is 87.6 cm³/mol. The first kappa shape index (κ1) is 13.9. The smallest absolute Gasteiger partial charge is 0.0922 e. The zero-order chi connectivity index (χ0) is 13.3. The number of pyridine rings is 1. The molecule has 0 spiro atoms. The molecule has 2 nitrogen and oxygen atoms in total. The Bertz CT molecular complexity index is 582. The van der Waals surface area contributed by atoms with E-state index in [2.05, 4.69) is 47.8 Å². The standard InChI is InChI=1S/C14H16ClIN2/c1-8(2)6-9-7-12(17-3)13-11(16)5-4-10(15)14(13)18-9/h4-5,7-8H,6H2,1-3H3,(H,17,18). The normalized spacial score (nSPS) is 11.2. The lowest BCUT2D eigenvalue weighted by molar-refractivity contribution is 0.637. The van der Waals surface area contributed by atoms with Crippen molar-refractivity contribution < 1.29 is 0 Å². The number of rotatable bonds is 3. The number of anilines is 1. The first-order chi connectivity index (χ1) is 8.52. The molecule has 0 saturated carbocycles. The monoisotopic (exact) mass is 374 g/mol. The minimum absolute atomic E-state index is 0.584. The molecule has 2 rings (SSSR count). The van der Waals surface area contributed by atoms with Crippen molar-refractivity contribution in [2.24, 2.45) is 5.92 Å². The van der Waals surface area contributed by atoms with Crippen LogP contribution in [0.1, 0.15) is 19.5 Å². The Labute approximate surface area is 126 Å². The summed E-state index contributed by atoms with van der Waals surface area (Å²) < 4.78 is 1.17. The summed E-state index contributed by atoms with van der Waals surface area (Å²) in [6, 6.07) is 6.06. The summed E-state index contributed by atoms with van der Waals surface area (Å²) in [4.78, 5) is 4.71. The van der Waals surface area contributed by atoms with E-state index >= 15 is 0 Å². The van der Waals surface area contributed by atoms with Crippen LogP contribution >= 0.6 is 34.2 Å². The SMILES string of the molecule is CNc1cc(CC(C)C)nc2c(Cl)ccc(I)c12. The number of aromatic nitrogens is 1. The van der Waals surface area contributed by atoms with Crippen LogP contribution in [-0.4, -0.2) is 12.0 Å². The lowest BCUT2D eigenvalue weighted by Gasteiger charge is -2.12. The Kier molecular flexibility index (Phi) is 4.33. The third-order valence-corrected chi connectivity index (χ3v) is 4.00. The number of hydrogen-bond donors (Lipinski definition) is 1. The van der Waals surface area contributed by atoms with Gasteiger partial charge in [0.1, 0.15) is 0 Å². The Morgan fingerprint density at radius 3 is 2.72 bits per heavy atom. The van der Waals surface area contributed by atoms with Gasteiger partial charge in [0, 0.05) is 27.4 Å². The Morgan fingerprint density at radius 1 is 1.39 bits per heavy atom. The Hall–Kier alpha value is -0.550. The van der Waals surface area contributed by atoms with Crippen molar-refractivity contribution in [1.82, 2.24) is 4.98 Å². The Morgan fingerprint density at radius 2 is 2.11 bits per heavy atom. The fourth-order valence-electron chi connectivity index (χ4n) is 2.04. The molecule has 1 heterocycles. The van der Waals surface area contributed by atoms with E-state index in [0.717, 1.165) is 28.7 Å². The summed E-state index contributed by atoms with van der Waals surface area (Å²) in [6.07, 6.45) is 0.965.